The second kappa shape index (κ2) is 55.1. The number of amides is 17. The van der Waals surface area contributed by atoms with Gasteiger partial charge in [0.1, 0.15) is 78.5 Å². The number of rotatable bonds is 59. The highest BCUT2D eigenvalue weighted by Gasteiger charge is 2.38. The van der Waals surface area contributed by atoms with Crippen LogP contribution in [0, 0.1) is 22.1 Å². The molecule has 0 aromatic carbocycles. The summed E-state index contributed by atoms with van der Waals surface area (Å²) >= 11 is 3.93. The molecule has 658 valence electrons. The maximum Gasteiger partial charge on any atom is 0.327 e. The molecule has 14 atom stereocenters. The van der Waals surface area contributed by atoms with Gasteiger partial charge in [-0.25, -0.2) is 4.79 Å². The van der Waals surface area contributed by atoms with E-state index in [1.807, 2.05) is 0 Å². The number of carboxylic acids is 3. The van der Waals surface area contributed by atoms with Crippen LogP contribution in [0.4, 0.5) is 0 Å². The van der Waals surface area contributed by atoms with Crippen molar-refractivity contribution in [2.24, 2.45) is 46.1 Å². The minimum Gasteiger partial charge on any atom is -0.481 e. The Morgan fingerprint density at radius 3 is 0.932 bits per heavy atom. The molecular weight excluding hydrogens is 1570 g/mol. The minimum absolute atomic E-state index is 0.00133. The number of carbonyl (C=O) groups excluding carboxylic acids is 17. The molecule has 0 unspecified atom stereocenters. The summed E-state index contributed by atoms with van der Waals surface area (Å²) in [6.45, 7) is 4.54. The summed E-state index contributed by atoms with van der Waals surface area (Å²) in [6, 6.07) is -23.2. The predicted molar refractivity (Wildman–Crippen MR) is 413 cm³/mol. The molecule has 0 aliphatic carbocycles. The molecule has 0 rings (SSSR count). The molecule has 0 saturated heterocycles. The van der Waals surface area contributed by atoms with E-state index in [0.29, 0.717) is 0 Å². The zero-order valence-electron chi connectivity index (χ0n) is 65.2. The molecule has 0 saturated carbocycles. The molecule has 0 spiro atoms. The smallest absolute Gasteiger partial charge is 0.327 e. The first-order chi connectivity index (χ1) is 54.6. The van der Waals surface area contributed by atoms with E-state index in [2.05, 4.69) is 103 Å². The van der Waals surface area contributed by atoms with Crippen LogP contribution in [0.5, 0.6) is 0 Å². The summed E-state index contributed by atoms with van der Waals surface area (Å²) in [5.74, 6) is -26.0. The van der Waals surface area contributed by atoms with Crippen molar-refractivity contribution in [3.63, 3.8) is 0 Å². The molecule has 0 heterocycles. The van der Waals surface area contributed by atoms with Gasteiger partial charge < -0.3 is 151 Å². The van der Waals surface area contributed by atoms with Gasteiger partial charge >= 0.3 is 17.9 Å². The van der Waals surface area contributed by atoms with Crippen molar-refractivity contribution >= 4 is 149 Å². The minimum atomic E-state index is -2.04. The molecule has 51 nitrogen and oxygen atoms in total. The first kappa shape index (κ1) is 104. The fraction of sp³-hybridized carbons (Fsp3) is 0.646. The third-order valence-corrected chi connectivity index (χ3v) is 16.8. The number of carboxylic acid groups (broad SMARTS) is 3. The van der Waals surface area contributed by atoms with Gasteiger partial charge in [-0.1, -0.05) is 13.8 Å². The lowest BCUT2D eigenvalue weighted by Gasteiger charge is -2.27. The second-order valence-corrected chi connectivity index (χ2v) is 27.4. The summed E-state index contributed by atoms with van der Waals surface area (Å²) < 4.78 is 0. The Morgan fingerprint density at radius 1 is 0.333 bits per heavy atom. The van der Waals surface area contributed by atoms with Gasteiger partial charge in [-0.3, -0.25) is 107 Å². The molecule has 38 N–H and O–H groups in total. The number of aliphatic hydroxyl groups excluding tert-OH is 1. The van der Waals surface area contributed by atoms with Crippen LogP contribution in [0.25, 0.3) is 0 Å². The molecule has 117 heavy (non-hydrogen) atoms. The van der Waals surface area contributed by atoms with Crippen LogP contribution in [0.1, 0.15) is 137 Å². The molecule has 0 bridgehead atoms. The van der Waals surface area contributed by atoms with Gasteiger partial charge in [-0.05, 0) is 97.3 Å². The molecule has 0 aliphatic heterocycles. The Balaban J connectivity index is 6.99. The lowest BCUT2D eigenvalue weighted by atomic mass is 10.0. The van der Waals surface area contributed by atoms with Gasteiger partial charge in [0.25, 0.3) is 0 Å². The Kier molecular flexibility index (Phi) is 49.2. The average molecular weight is 1690 g/mol. The van der Waals surface area contributed by atoms with Crippen LogP contribution in [0.2, 0.25) is 0 Å². The van der Waals surface area contributed by atoms with E-state index in [1.54, 1.807) is 13.8 Å². The maximum absolute atomic E-state index is 14.2. The number of hydrogen-bond acceptors (Lipinski definition) is 26. The second-order valence-electron chi connectivity index (χ2n) is 27.0. The highest BCUT2D eigenvalue weighted by atomic mass is 32.1. The van der Waals surface area contributed by atoms with Crippen molar-refractivity contribution < 1.29 is 116 Å². The molecule has 0 fully saturated rings. The Hall–Kier alpha value is -12.5. The average Bonchev–Trinajstić information content (AvgIpc) is 0.866. The number of aliphatic hydroxyl groups is 1. The van der Waals surface area contributed by atoms with E-state index in [4.69, 9.17) is 56.4 Å². The number of nitrogens with one attached hydrogen (secondary N) is 20. The van der Waals surface area contributed by atoms with Gasteiger partial charge in [0.05, 0.1) is 25.6 Å². The number of hydrogen-bond donors (Lipinski definition) is 32. The lowest BCUT2D eigenvalue weighted by Crippen LogP contribution is -2.60. The highest BCUT2D eigenvalue weighted by molar-refractivity contribution is 7.80. The molecule has 0 aromatic rings. The monoisotopic (exact) mass is 1690 g/mol. The van der Waals surface area contributed by atoms with Crippen molar-refractivity contribution in [1.29, 1.82) is 16.2 Å². The fourth-order valence-corrected chi connectivity index (χ4v) is 10.4. The van der Waals surface area contributed by atoms with Crippen molar-refractivity contribution in [2.45, 2.75) is 222 Å². The number of guanidine groups is 3. The maximum atomic E-state index is 14.2. The lowest BCUT2D eigenvalue weighted by molar-refractivity contribution is -0.142. The van der Waals surface area contributed by atoms with Crippen molar-refractivity contribution in [1.82, 2.24) is 90.4 Å². The molecule has 17 amide bonds. The van der Waals surface area contributed by atoms with Crippen molar-refractivity contribution in [3.8, 4) is 0 Å². The summed E-state index contributed by atoms with van der Waals surface area (Å²) in [6.07, 6.45) is -7.40. The molecule has 0 aliphatic rings. The van der Waals surface area contributed by atoms with E-state index < -0.39 is 298 Å². The topological polar surface area (TPSA) is 881 Å². The standard InChI is InChI=1S/C65H113N27O24S/c1-28(2)23-39(59(112)87-35(12-16-43(67)94)52(105)79-25-46(97)82-40(24-48(100)101)60(113)86-33(10-7-21-77-64(72)73)55(108)85-34(11-8-22-78-65(74)75)56(109)92-42(27-117)62(115)116)90-58(111)38(15-19-47(98)99)84-51(104)30(4)80-53(106)36(13-17-44(68)95)88-57(110)37(14-18-45(69)96)89-54(107)32(9-6-20-76-63(70)71)83-50(103)31(5)81-61(114)41(26-93)91-49(102)29(3)66/h28-42,93,117H,6-27,66H2,1-5H3,(H2,67,94)(H2,68,95)(H2,69,96)(H,79,105)(H,80,106)(H,81,114)(H,82,97)(H,83,103)(H,84,104)(H,85,108)(H,86,113)(H,87,112)(H,88,110)(H,89,107)(H,90,111)(H,91,102)(H,92,109)(H,98,99)(H,100,101)(H,115,116)(H4,70,71,76)(H4,72,73,77)(H4,74,75,78)/t29-,30-,31-,32-,33-,34-,35-,36-,37-,38-,39-,40-,41-,42-/m0/s1. The third kappa shape index (κ3) is 45.2. The zero-order chi connectivity index (χ0) is 89.5. The number of carbonyl (C=O) groups is 20. The van der Waals surface area contributed by atoms with Gasteiger partial charge in [0.15, 0.2) is 17.9 Å². The molecular formula is C65H113N27O24S. The molecule has 0 radical (unpaired) electrons. The van der Waals surface area contributed by atoms with Gasteiger partial charge in [-0.2, -0.15) is 12.6 Å². The first-order valence-corrected chi connectivity index (χ1v) is 37.2. The number of primary amides is 3. The van der Waals surface area contributed by atoms with Gasteiger partial charge in [0, 0.05) is 51.1 Å². The van der Waals surface area contributed by atoms with Crippen LogP contribution in [0.15, 0.2) is 0 Å². The summed E-state index contributed by atoms with van der Waals surface area (Å²) in [4.78, 5) is 264. The normalized spacial score (nSPS) is 14.4. The Bertz CT molecular complexity index is 3540. The van der Waals surface area contributed by atoms with Crippen LogP contribution in [0.3, 0.4) is 0 Å². The van der Waals surface area contributed by atoms with E-state index in [0.717, 1.165) is 6.92 Å². The zero-order valence-corrected chi connectivity index (χ0v) is 66.1. The number of nitrogens with two attached hydrogens (primary N) is 7. The van der Waals surface area contributed by atoms with Gasteiger partial charge in [-0.15, -0.1) is 0 Å². The molecule has 0 aromatic heterocycles. The van der Waals surface area contributed by atoms with E-state index >= 15 is 0 Å². The van der Waals surface area contributed by atoms with Crippen LogP contribution in [-0.2, 0) is 95.9 Å². The Labute approximate surface area is 675 Å². The van der Waals surface area contributed by atoms with Crippen LogP contribution < -0.4 is 131 Å². The first-order valence-electron chi connectivity index (χ1n) is 36.6. The van der Waals surface area contributed by atoms with Crippen LogP contribution in [-0.4, -0.2) is 280 Å². The molecule has 52 heteroatoms. The summed E-state index contributed by atoms with van der Waals surface area (Å²) in [5.41, 5.74) is 37.8. The van der Waals surface area contributed by atoms with Crippen molar-refractivity contribution in [3.05, 3.63) is 0 Å². The quantitative estimate of drug-likeness (QED) is 0.0116. The summed E-state index contributed by atoms with van der Waals surface area (Å²) in [7, 11) is 0. The summed E-state index contributed by atoms with van der Waals surface area (Å²) in [5, 5.41) is 100. The fourth-order valence-electron chi connectivity index (χ4n) is 10.2. The van der Waals surface area contributed by atoms with E-state index in [-0.39, 0.29) is 70.3 Å². The largest absolute Gasteiger partial charge is 0.481 e. The Morgan fingerprint density at radius 2 is 0.624 bits per heavy atom. The van der Waals surface area contributed by atoms with Gasteiger partial charge in [0.2, 0.25) is 100 Å². The third-order valence-electron chi connectivity index (χ3n) is 16.4. The number of aliphatic carboxylic acids is 3. The SMILES string of the molecule is CC(C)C[C@H](NC(=O)[C@H](CCC(=O)O)NC(=O)[C@H](C)NC(=O)[C@H](CCC(N)=O)NC(=O)[C@H](CCC(N)=O)NC(=O)[C@H](CCCNC(=N)N)NC(=O)[C@H](C)NC(=O)[C@H](CO)NC(=O)[C@H](C)N)C(=O)N[C@@H](CCC(N)=O)C(=O)NCC(=O)N[C@@H](CC(=O)O)C(=O)N[C@@H](CCCNC(=N)N)C(=O)N[C@@H](CCCNC(=N)N)C(=O)N[C@@H](CS)C(=O)O. The van der Waals surface area contributed by atoms with E-state index in [9.17, 15) is 116 Å². The van der Waals surface area contributed by atoms with Crippen LogP contribution >= 0.6 is 12.6 Å². The highest BCUT2D eigenvalue weighted by Crippen LogP contribution is 2.12. The van der Waals surface area contributed by atoms with Crippen molar-refractivity contribution in [2.75, 3.05) is 38.5 Å². The van der Waals surface area contributed by atoms with E-state index in [1.165, 1.54) is 13.8 Å². The predicted octanol–water partition coefficient (Wildman–Crippen LogP) is -13.2. The number of thiol groups is 1.